The Labute approximate surface area is 135 Å². The fraction of sp³-hybridized carbons (Fsp3) is 0.333. The Kier molecular flexibility index (Phi) is 4.30. The van der Waals surface area contributed by atoms with Gasteiger partial charge in [0.25, 0.3) is 5.56 Å². The van der Waals surface area contributed by atoms with Gasteiger partial charge in [-0.1, -0.05) is 24.3 Å². The zero-order chi connectivity index (χ0) is 16.4. The van der Waals surface area contributed by atoms with Crippen molar-refractivity contribution in [3.05, 3.63) is 69.6 Å². The summed E-state index contributed by atoms with van der Waals surface area (Å²) in [4.78, 5) is 26.2. The van der Waals surface area contributed by atoms with E-state index in [1.807, 2.05) is 18.2 Å². The number of benzene rings is 1. The van der Waals surface area contributed by atoms with Crippen LogP contribution in [0.2, 0.25) is 0 Å². The molecule has 1 aliphatic rings. The highest BCUT2D eigenvalue weighted by atomic mass is 16.2. The van der Waals surface area contributed by atoms with Crippen LogP contribution < -0.4 is 10.9 Å². The minimum Gasteiger partial charge on any atom is -0.358 e. The second-order valence-corrected chi connectivity index (χ2v) is 5.99. The van der Waals surface area contributed by atoms with Gasteiger partial charge < -0.3 is 9.88 Å². The molecule has 1 aromatic carbocycles. The first-order valence-electron chi connectivity index (χ1n) is 7.76. The molecule has 2 aromatic rings. The van der Waals surface area contributed by atoms with E-state index in [-0.39, 0.29) is 17.5 Å². The maximum absolute atomic E-state index is 12.3. The average Bonchev–Trinajstić information content (AvgIpc) is 2.57. The Hall–Kier alpha value is -2.40. The highest BCUT2D eigenvalue weighted by Gasteiger charge is 2.30. The van der Waals surface area contributed by atoms with Crippen LogP contribution in [0.1, 0.15) is 16.7 Å². The largest absolute Gasteiger partial charge is 0.358 e. The van der Waals surface area contributed by atoms with Crippen LogP contribution in [0.4, 0.5) is 0 Å². The first-order valence-corrected chi connectivity index (χ1v) is 7.76. The normalized spacial score (nSPS) is 17.6. The van der Waals surface area contributed by atoms with Gasteiger partial charge in [-0.3, -0.25) is 14.5 Å². The predicted molar refractivity (Wildman–Crippen MR) is 88.9 cm³/mol. The van der Waals surface area contributed by atoms with E-state index >= 15 is 0 Å². The van der Waals surface area contributed by atoms with Crippen molar-refractivity contribution in [1.82, 2.24) is 14.8 Å². The molecule has 1 aliphatic heterocycles. The van der Waals surface area contributed by atoms with Crippen molar-refractivity contribution in [3.8, 4) is 0 Å². The Morgan fingerprint density at radius 1 is 1.26 bits per heavy atom. The Bertz CT molecular complexity index is 782. The van der Waals surface area contributed by atoms with Crippen molar-refractivity contribution in [3.63, 3.8) is 0 Å². The molecule has 3 rings (SSSR count). The van der Waals surface area contributed by atoms with Crippen molar-refractivity contribution in [2.45, 2.75) is 25.6 Å². The lowest BCUT2D eigenvalue weighted by Gasteiger charge is -2.35. The summed E-state index contributed by atoms with van der Waals surface area (Å²) in [5, 5.41) is 2.76. The van der Waals surface area contributed by atoms with Crippen molar-refractivity contribution in [2.24, 2.45) is 7.05 Å². The lowest BCUT2D eigenvalue weighted by atomic mass is 9.93. The first-order chi connectivity index (χ1) is 11.1. The molecule has 0 saturated carbocycles. The zero-order valence-corrected chi connectivity index (χ0v) is 13.5. The van der Waals surface area contributed by atoms with Crippen molar-refractivity contribution >= 4 is 5.91 Å². The molecule has 0 radical (unpaired) electrons. The predicted octanol–water partition coefficient (Wildman–Crippen LogP) is 1.06. The number of fused-ring (bicyclic) bond motifs is 1. The highest BCUT2D eigenvalue weighted by Crippen LogP contribution is 2.24. The maximum Gasteiger partial charge on any atom is 0.250 e. The molecule has 0 spiro atoms. The zero-order valence-electron chi connectivity index (χ0n) is 13.5. The average molecular weight is 311 g/mol. The van der Waals surface area contributed by atoms with Crippen molar-refractivity contribution < 1.29 is 4.79 Å². The van der Waals surface area contributed by atoms with Gasteiger partial charge in [0.1, 0.15) is 0 Å². The lowest BCUT2D eigenvalue weighted by molar-refractivity contribution is -0.126. The van der Waals surface area contributed by atoms with E-state index in [0.29, 0.717) is 19.5 Å². The molecule has 0 unspecified atom stereocenters. The number of carbonyl (C=O) groups excluding carboxylic acids is 1. The number of pyridine rings is 1. The molecule has 0 saturated heterocycles. The Balaban J connectivity index is 1.89. The van der Waals surface area contributed by atoms with E-state index in [1.165, 1.54) is 11.1 Å². The van der Waals surface area contributed by atoms with Gasteiger partial charge in [-0.05, 0) is 29.2 Å². The van der Waals surface area contributed by atoms with Crippen LogP contribution in [0.15, 0.2) is 47.4 Å². The lowest BCUT2D eigenvalue weighted by Crippen LogP contribution is -2.49. The summed E-state index contributed by atoms with van der Waals surface area (Å²) in [5.74, 6) is 0.0170. The van der Waals surface area contributed by atoms with E-state index < -0.39 is 0 Å². The highest BCUT2D eigenvalue weighted by molar-refractivity contribution is 5.82. The summed E-state index contributed by atoms with van der Waals surface area (Å²) >= 11 is 0. The Morgan fingerprint density at radius 3 is 2.70 bits per heavy atom. The topological polar surface area (TPSA) is 54.3 Å². The number of aromatic nitrogens is 1. The minimum atomic E-state index is -0.209. The molecule has 120 valence electrons. The van der Waals surface area contributed by atoms with Crippen LogP contribution in [0, 0.1) is 0 Å². The van der Waals surface area contributed by atoms with E-state index in [1.54, 1.807) is 30.9 Å². The molecular formula is C18H21N3O2. The molecule has 2 heterocycles. The summed E-state index contributed by atoms with van der Waals surface area (Å²) in [7, 11) is 3.40. The van der Waals surface area contributed by atoms with Gasteiger partial charge in [0.2, 0.25) is 5.91 Å². The SMILES string of the molecule is CNC(=O)[C@@H]1Cc2ccccc2CN1Cc1ccn(C)c(=O)c1. The number of carbonyl (C=O) groups is 1. The quantitative estimate of drug-likeness (QED) is 0.922. The molecule has 1 aromatic heterocycles. The molecule has 23 heavy (non-hydrogen) atoms. The van der Waals surface area contributed by atoms with E-state index in [0.717, 1.165) is 5.56 Å². The molecule has 5 heteroatoms. The van der Waals surface area contributed by atoms with Gasteiger partial charge in [0, 0.05) is 39.4 Å². The van der Waals surface area contributed by atoms with Gasteiger partial charge in [-0.25, -0.2) is 0 Å². The molecule has 1 N–H and O–H groups in total. The minimum absolute atomic E-state index is 0.0170. The summed E-state index contributed by atoms with van der Waals surface area (Å²) in [5.41, 5.74) is 3.37. The number of nitrogens with one attached hydrogen (secondary N) is 1. The third-order valence-electron chi connectivity index (χ3n) is 4.45. The smallest absolute Gasteiger partial charge is 0.250 e. The fourth-order valence-electron chi connectivity index (χ4n) is 3.09. The van der Waals surface area contributed by atoms with Gasteiger partial charge in [-0.2, -0.15) is 0 Å². The fourth-order valence-corrected chi connectivity index (χ4v) is 3.09. The Morgan fingerprint density at radius 2 is 2.00 bits per heavy atom. The van der Waals surface area contributed by atoms with Crippen molar-refractivity contribution in [2.75, 3.05) is 7.05 Å². The van der Waals surface area contributed by atoms with Crippen LogP contribution in [-0.4, -0.2) is 28.5 Å². The summed E-state index contributed by atoms with van der Waals surface area (Å²) in [6, 6.07) is 11.6. The maximum atomic E-state index is 12.3. The summed E-state index contributed by atoms with van der Waals surface area (Å²) in [6.07, 6.45) is 2.46. The molecule has 0 bridgehead atoms. The molecule has 1 amide bonds. The standard InChI is InChI=1S/C18H21N3O2/c1-19-18(23)16-10-14-5-3-4-6-15(14)12-21(16)11-13-7-8-20(2)17(22)9-13/h3-9,16H,10-12H2,1-2H3,(H,19,23)/t16-/m0/s1. The monoisotopic (exact) mass is 311 g/mol. The third-order valence-corrected chi connectivity index (χ3v) is 4.45. The number of amides is 1. The third kappa shape index (κ3) is 3.19. The summed E-state index contributed by atoms with van der Waals surface area (Å²) in [6.45, 7) is 1.30. The second kappa shape index (κ2) is 6.38. The molecule has 0 fully saturated rings. The van der Waals surface area contributed by atoms with E-state index in [4.69, 9.17) is 0 Å². The first kappa shape index (κ1) is 15.5. The molecule has 1 atom stereocenters. The van der Waals surface area contributed by atoms with Crippen LogP contribution in [0.25, 0.3) is 0 Å². The second-order valence-electron chi connectivity index (χ2n) is 5.99. The van der Waals surface area contributed by atoms with Gasteiger partial charge in [0.15, 0.2) is 0 Å². The number of likely N-dealkylation sites (N-methyl/N-ethyl adjacent to an activating group) is 1. The van der Waals surface area contributed by atoms with Gasteiger partial charge in [-0.15, -0.1) is 0 Å². The molecule has 0 aliphatic carbocycles. The number of aryl methyl sites for hydroxylation is 1. The number of hydrogen-bond donors (Lipinski definition) is 1. The van der Waals surface area contributed by atoms with E-state index in [2.05, 4.69) is 22.3 Å². The van der Waals surface area contributed by atoms with Crippen LogP contribution in [0.5, 0.6) is 0 Å². The summed E-state index contributed by atoms with van der Waals surface area (Å²) < 4.78 is 1.55. The number of rotatable bonds is 3. The van der Waals surface area contributed by atoms with Crippen LogP contribution in [0.3, 0.4) is 0 Å². The molecule has 5 nitrogen and oxygen atoms in total. The van der Waals surface area contributed by atoms with Crippen LogP contribution >= 0.6 is 0 Å². The van der Waals surface area contributed by atoms with Crippen LogP contribution in [-0.2, 0) is 31.4 Å². The molecular weight excluding hydrogens is 290 g/mol. The number of nitrogens with zero attached hydrogens (tertiary/aromatic N) is 2. The van der Waals surface area contributed by atoms with E-state index in [9.17, 15) is 9.59 Å². The van der Waals surface area contributed by atoms with Gasteiger partial charge in [0.05, 0.1) is 6.04 Å². The number of hydrogen-bond acceptors (Lipinski definition) is 3. The van der Waals surface area contributed by atoms with Gasteiger partial charge >= 0.3 is 0 Å². The van der Waals surface area contributed by atoms with Crippen molar-refractivity contribution in [1.29, 1.82) is 0 Å².